The van der Waals surface area contributed by atoms with Gasteiger partial charge in [0.05, 0.1) is 0 Å². The summed E-state index contributed by atoms with van der Waals surface area (Å²) in [6.07, 6.45) is 8.15. The molecule has 0 aliphatic rings. The maximum atomic E-state index is 2.46. The van der Waals surface area contributed by atoms with Gasteiger partial charge in [-0.25, -0.2) is 0 Å². The third-order valence-corrected chi connectivity index (χ3v) is 3.59. The van der Waals surface area contributed by atoms with Gasteiger partial charge in [0.1, 0.15) is 7.28 Å². The molecule has 14 heavy (non-hydrogen) atoms. The first-order chi connectivity index (χ1) is 6.58. The Morgan fingerprint density at radius 2 is 1.86 bits per heavy atom. The van der Waals surface area contributed by atoms with Crippen LogP contribution in [0.3, 0.4) is 0 Å². The molecule has 0 aromatic rings. The second kappa shape index (κ2) is 7.37. The van der Waals surface area contributed by atoms with Crippen molar-refractivity contribution < 1.29 is 0 Å². The molecule has 0 saturated heterocycles. The second-order valence-electron chi connectivity index (χ2n) is 5.20. The molecule has 0 aliphatic heterocycles. The molecule has 0 unspecified atom stereocenters. The van der Waals surface area contributed by atoms with E-state index in [1.165, 1.54) is 38.4 Å². The predicted octanol–water partition coefficient (Wildman–Crippen LogP) is 4.79. The number of hydrogen-bond acceptors (Lipinski definition) is 0. The van der Waals surface area contributed by atoms with Crippen molar-refractivity contribution in [1.82, 2.24) is 0 Å². The molecule has 0 bridgehead atoms. The van der Waals surface area contributed by atoms with E-state index in [9.17, 15) is 0 Å². The zero-order chi connectivity index (χ0) is 11.0. The first-order valence-electron chi connectivity index (χ1n) is 6.35. The first-order valence-corrected chi connectivity index (χ1v) is 6.35. The lowest BCUT2D eigenvalue weighted by Gasteiger charge is -2.29. The Morgan fingerprint density at radius 1 is 1.21 bits per heavy atom. The van der Waals surface area contributed by atoms with E-state index in [-0.39, 0.29) is 0 Å². The van der Waals surface area contributed by atoms with Crippen molar-refractivity contribution in [3.63, 3.8) is 0 Å². The third kappa shape index (κ3) is 5.72. The highest BCUT2D eigenvalue weighted by Gasteiger charge is 2.21. The third-order valence-electron chi connectivity index (χ3n) is 3.59. The topological polar surface area (TPSA) is 0 Å². The number of hydrogen-bond donors (Lipinski definition) is 0. The van der Waals surface area contributed by atoms with Gasteiger partial charge < -0.3 is 0 Å². The van der Waals surface area contributed by atoms with E-state index in [4.69, 9.17) is 0 Å². The van der Waals surface area contributed by atoms with Crippen molar-refractivity contribution in [2.75, 3.05) is 0 Å². The fourth-order valence-electron chi connectivity index (χ4n) is 2.20. The van der Waals surface area contributed by atoms with Crippen LogP contribution in [0.25, 0.3) is 0 Å². The molecule has 0 fully saturated rings. The van der Waals surface area contributed by atoms with E-state index < -0.39 is 0 Å². The van der Waals surface area contributed by atoms with E-state index in [0.717, 1.165) is 5.92 Å². The standard InChI is InChI=1S/C13H28B/c1-6-9-13(4,7-2)10-8-12(3)11-14-5/h12H,6-11H2,1-5H3/t12-,13-/m1/s1. The Morgan fingerprint density at radius 3 is 2.29 bits per heavy atom. The van der Waals surface area contributed by atoms with Crippen LogP contribution in [0.15, 0.2) is 0 Å². The van der Waals surface area contributed by atoms with Crippen LogP contribution in [0.1, 0.15) is 59.8 Å². The van der Waals surface area contributed by atoms with Crippen LogP contribution in [0.4, 0.5) is 0 Å². The first kappa shape index (κ1) is 14.1. The summed E-state index contributed by atoms with van der Waals surface area (Å²) in [5.41, 5.74) is 0.608. The molecular weight excluding hydrogens is 167 g/mol. The molecule has 0 amide bonds. The molecule has 0 rings (SSSR count). The van der Waals surface area contributed by atoms with Crippen LogP contribution in [-0.4, -0.2) is 7.28 Å². The lowest BCUT2D eigenvalue weighted by Crippen LogP contribution is -2.16. The van der Waals surface area contributed by atoms with Gasteiger partial charge in [-0.1, -0.05) is 66.0 Å². The quantitative estimate of drug-likeness (QED) is 0.488. The highest BCUT2D eigenvalue weighted by atomic mass is 14.3. The van der Waals surface area contributed by atoms with Gasteiger partial charge in [0.15, 0.2) is 0 Å². The Balaban J connectivity index is 3.81. The minimum Gasteiger partial charge on any atom is -0.0920 e. The van der Waals surface area contributed by atoms with Crippen LogP contribution in [0.2, 0.25) is 13.1 Å². The molecule has 1 heteroatoms. The Kier molecular flexibility index (Phi) is 7.40. The van der Waals surface area contributed by atoms with Gasteiger partial charge in [0, 0.05) is 0 Å². The minimum atomic E-state index is 0.608. The van der Waals surface area contributed by atoms with Gasteiger partial charge in [-0.2, -0.15) is 0 Å². The zero-order valence-electron chi connectivity index (χ0n) is 10.9. The highest BCUT2D eigenvalue weighted by Crippen LogP contribution is 2.34. The fourth-order valence-corrected chi connectivity index (χ4v) is 2.20. The summed E-state index contributed by atoms with van der Waals surface area (Å²) in [5.74, 6) is 0.878. The lowest BCUT2D eigenvalue weighted by atomic mass is 9.69. The smallest absolute Gasteiger partial charge is 0.0920 e. The van der Waals surface area contributed by atoms with E-state index in [2.05, 4.69) is 41.8 Å². The van der Waals surface area contributed by atoms with E-state index in [1.54, 1.807) is 0 Å². The summed E-state index contributed by atoms with van der Waals surface area (Å²) in [4.78, 5) is 0. The average molecular weight is 195 g/mol. The predicted molar refractivity (Wildman–Crippen MR) is 68.1 cm³/mol. The maximum Gasteiger partial charge on any atom is 0.106 e. The molecule has 83 valence electrons. The number of rotatable bonds is 8. The van der Waals surface area contributed by atoms with Crippen molar-refractivity contribution in [2.45, 2.75) is 72.9 Å². The van der Waals surface area contributed by atoms with Gasteiger partial charge in [0.25, 0.3) is 0 Å². The van der Waals surface area contributed by atoms with Gasteiger partial charge in [-0.05, 0) is 18.3 Å². The van der Waals surface area contributed by atoms with Crippen LogP contribution < -0.4 is 0 Å². The van der Waals surface area contributed by atoms with Gasteiger partial charge in [0.2, 0.25) is 0 Å². The molecule has 0 spiro atoms. The molecule has 0 saturated carbocycles. The normalized spacial score (nSPS) is 17.5. The summed E-state index contributed by atoms with van der Waals surface area (Å²) < 4.78 is 0. The highest BCUT2D eigenvalue weighted by molar-refractivity contribution is 6.33. The van der Waals surface area contributed by atoms with Gasteiger partial charge in [-0.3, -0.25) is 0 Å². The maximum absolute atomic E-state index is 2.46. The van der Waals surface area contributed by atoms with Crippen molar-refractivity contribution in [3.05, 3.63) is 0 Å². The van der Waals surface area contributed by atoms with Gasteiger partial charge in [-0.15, -0.1) is 0 Å². The summed E-state index contributed by atoms with van der Waals surface area (Å²) >= 11 is 0. The average Bonchev–Trinajstić information content (AvgIpc) is 2.16. The van der Waals surface area contributed by atoms with Gasteiger partial charge >= 0.3 is 0 Å². The van der Waals surface area contributed by atoms with Crippen molar-refractivity contribution in [2.24, 2.45) is 11.3 Å². The van der Waals surface area contributed by atoms with E-state index in [1.807, 2.05) is 0 Å². The molecule has 0 aromatic heterocycles. The minimum absolute atomic E-state index is 0.608. The van der Waals surface area contributed by atoms with Crippen molar-refractivity contribution >= 4 is 7.28 Å². The van der Waals surface area contributed by atoms with Crippen molar-refractivity contribution in [1.29, 1.82) is 0 Å². The van der Waals surface area contributed by atoms with Crippen LogP contribution in [0.5, 0.6) is 0 Å². The summed E-state index contributed by atoms with van der Waals surface area (Å²) in [6.45, 7) is 11.6. The fraction of sp³-hybridized carbons (Fsp3) is 1.00. The van der Waals surface area contributed by atoms with E-state index in [0.29, 0.717) is 5.41 Å². The largest absolute Gasteiger partial charge is 0.106 e. The van der Waals surface area contributed by atoms with Crippen molar-refractivity contribution in [3.8, 4) is 0 Å². The summed E-state index contributed by atoms with van der Waals surface area (Å²) in [5, 5.41) is 0. The molecule has 0 aromatic carbocycles. The molecular formula is C13H28B. The SMILES string of the molecule is C[B]C[C@H](C)CC[C@](C)(CC)CCC. The molecule has 0 aliphatic carbocycles. The lowest BCUT2D eigenvalue weighted by molar-refractivity contribution is 0.238. The van der Waals surface area contributed by atoms with Crippen LogP contribution in [-0.2, 0) is 0 Å². The molecule has 2 atom stereocenters. The molecule has 0 heterocycles. The Bertz CT molecular complexity index is 133. The Hall–Kier alpha value is 0.0649. The molecule has 0 N–H and O–H groups in total. The van der Waals surface area contributed by atoms with E-state index >= 15 is 0 Å². The summed E-state index contributed by atoms with van der Waals surface area (Å²) in [7, 11) is 2.30. The zero-order valence-corrected chi connectivity index (χ0v) is 10.9. The molecule has 1 radical (unpaired) electrons. The van der Waals surface area contributed by atoms with Crippen LogP contribution in [0, 0.1) is 11.3 Å². The monoisotopic (exact) mass is 195 g/mol. The second-order valence-corrected chi connectivity index (χ2v) is 5.20. The molecule has 0 nitrogen and oxygen atoms in total. The Labute approximate surface area is 92.1 Å². The van der Waals surface area contributed by atoms with Crippen LogP contribution >= 0.6 is 0 Å². The summed E-state index contributed by atoms with van der Waals surface area (Å²) in [6, 6.07) is 0.